The van der Waals surface area contributed by atoms with Crippen LogP contribution in [0, 0.1) is 5.82 Å². The Balaban J connectivity index is 1.21. The van der Waals surface area contributed by atoms with Crippen molar-refractivity contribution in [1.29, 1.82) is 0 Å². The molecule has 3 aromatic rings. The van der Waals surface area contributed by atoms with E-state index in [0.717, 1.165) is 16.5 Å². The lowest BCUT2D eigenvalue weighted by molar-refractivity contribution is -0.128. The van der Waals surface area contributed by atoms with E-state index in [1.54, 1.807) is 18.2 Å². The zero-order chi connectivity index (χ0) is 21.6. The maximum absolute atomic E-state index is 13.8. The van der Waals surface area contributed by atoms with E-state index in [-0.39, 0.29) is 17.6 Å². The molecule has 1 aliphatic heterocycles. The molecule has 2 amide bonds. The Morgan fingerprint density at radius 1 is 1.10 bits per heavy atom. The first-order valence-corrected chi connectivity index (χ1v) is 11.2. The highest BCUT2D eigenvalue weighted by atomic mass is 32.2. The normalized spacial score (nSPS) is 18.4. The van der Waals surface area contributed by atoms with Gasteiger partial charge in [0.05, 0.1) is 11.8 Å². The molecule has 4 rings (SSSR count). The van der Waals surface area contributed by atoms with Gasteiger partial charge in [0.1, 0.15) is 24.2 Å². The molecule has 1 saturated heterocycles. The SMILES string of the molecule is O=C(NCCOc1ccc2ccccc2c1)[C@H]1CS[C@H](Cc2ccccc2F)C(=O)N1. The molecule has 0 saturated carbocycles. The summed E-state index contributed by atoms with van der Waals surface area (Å²) in [5.41, 5.74) is 0.504. The average Bonchev–Trinajstić information content (AvgIpc) is 2.79. The van der Waals surface area contributed by atoms with Gasteiger partial charge in [0, 0.05) is 5.75 Å². The number of thioether (sulfide) groups is 1. The van der Waals surface area contributed by atoms with Crippen LogP contribution in [0.15, 0.2) is 66.7 Å². The Morgan fingerprint density at radius 3 is 2.68 bits per heavy atom. The minimum Gasteiger partial charge on any atom is -0.492 e. The quantitative estimate of drug-likeness (QED) is 0.556. The van der Waals surface area contributed by atoms with E-state index < -0.39 is 11.3 Å². The van der Waals surface area contributed by atoms with E-state index in [0.29, 0.717) is 30.9 Å². The lowest BCUT2D eigenvalue weighted by atomic mass is 10.1. The molecule has 0 unspecified atom stereocenters. The first kappa shape index (κ1) is 21.2. The third kappa shape index (κ3) is 5.35. The Labute approximate surface area is 184 Å². The first-order chi connectivity index (χ1) is 15.1. The van der Waals surface area contributed by atoms with Crippen LogP contribution < -0.4 is 15.4 Å². The lowest BCUT2D eigenvalue weighted by Crippen LogP contribution is -2.54. The molecule has 3 aromatic carbocycles. The number of nitrogens with one attached hydrogen (secondary N) is 2. The van der Waals surface area contributed by atoms with Crippen LogP contribution in [0.25, 0.3) is 10.8 Å². The molecule has 5 nitrogen and oxygen atoms in total. The molecule has 31 heavy (non-hydrogen) atoms. The van der Waals surface area contributed by atoms with Crippen LogP contribution in [-0.4, -0.2) is 42.0 Å². The number of carbonyl (C=O) groups is 2. The average molecular weight is 439 g/mol. The standard InChI is InChI=1S/C24H23FN2O3S/c25-20-8-4-3-7-18(20)14-22-24(29)27-21(15-31-22)23(28)26-11-12-30-19-10-9-16-5-1-2-6-17(16)13-19/h1-10,13,21-22H,11-12,14-15H2,(H,26,28)(H,27,29)/t21-,22-/m1/s1. The van der Waals surface area contributed by atoms with Gasteiger partial charge in [-0.15, -0.1) is 11.8 Å². The highest BCUT2D eigenvalue weighted by Gasteiger charge is 2.32. The second-order valence-corrected chi connectivity index (χ2v) is 8.56. The van der Waals surface area contributed by atoms with Crippen LogP contribution in [-0.2, 0) is 16.0 Å². The molecule has 0 aromatic heterocycles. The molecule has 1 aliphatic rings. The molecule has 160 valence electrons. The summed E-state index contributed by atoms with van der Waals surface area (Å²) < 4.78 is 19.6. The van der Waals surface area contributed by atoms with Crippen molar-refractivity contribution in [3.8, 4) is 5.75 Å². The molecule has 7 heteroatoms. The summed E-state index contributed by atoms with van der Waals surface area (Å²) in [6.45, 7) is 0.662. The highest BCUT2D eigenvalue weighted by molar-refractivity contribution is 8.00. The fraction of sp³-hybridized carbons (Fsp3) is 0.250. The largest absolute Gasteiger partial charge is 0.492 e. The molecule has 2 N–H and O–H groups in total. The van der Waals surface area contributed by atoms with E-state index in [1.807, 2.05) is 42.5 Å². The van der Waals surface area contributed by atoms with E-state index in [2.05, 4.69) is 10.6 Å². The molecule has 1 heterocycles. The molecule has 0 aliphatic carbocycles. The van der Waals surface area contributed by atoms with Crippen molar-refractivity contribution in [3.05, 3.63) is 78.1 Å². The van der Waals surface area contributed by atoms with Crippen molar-refractivity contribution in [2.45, 2.75) is 17.7 Å². The van der Waals surface area contributed by atoms with E-state index in [1.165, 1.54) is 17.8 Å². The summed E-state index contributed by atoms with van der Waals surface area (Å²) >= 11 is 1.38. The van der Waals surface area contributed by atoms with Crippen molar-refractivity contribution in [3.63, 3.8) is 0 Å². The summed E-state index contributed by atoms with van der Waals surface area (Å²) in [5, 5.41) is 7.38. The number of ether oxygens (including phenoxy) is 1. The number of hydrogen-bond donors (Lipinski definition) is 2. The van der Waals surface area contributed by atoms with Crippen LogP contribution in [0.1, 0.15) is 5.56 Å². The summed E-state index contributed by atoms with van der Waals surface area (Å²) in [6, 6.07) is 19.7. The van der Waals surface area contributed by atoms with Crippen LogP contribution in [0.5, 0.6) is 5.75 Å². The smallest absolute Gasteiger partial charge is 0.243 e. The van der Waals surface area contributed by atoms with Gasteiger partial charge in [-0.1, -0.05) is 48.5 Å². The fourth-order valence-corrected chi connectivity index (χ4v) is 4.65. The molecule has 1 fully saturated rings. The number of halogens is 1. The van der Waals surface area contributed by atoms with Gasteiger partial charge >= 0.3 is 0 Å². The van der Waals surface area contributed by atoms with Crippen LogP contribution in [0.4, 0.5) is 4.39 Å². The molecular formula is C24H23FN2O3S. The highest BCUT2D eigenvalue weighted by Crippen LogP contribution is 2.23. The number of carbonyl (C=O) groups excluding carboxylic acids is 2. The van der Waals surface area contributed by atoms with Crippen molar-refractivity contribution in [1.82, 2.24) is 10.6 Å². The molecule has 2 atom stereocenters. The summed E-state index contributed by atoms with van der Waals surface area (Å²) in [6.07, 6.45) is 0.303. The van der Waals surface area contributed by atoms with Crippen molar-refractivity contribution in [2.75, 3.05) is 18.9 Å². The van der Waals surface area contributed by atoms with Gasteiger partial charge < -0.3 is 15.4 Å². The molecular weight excluding hydrogens is 415 g/mol. The molecule has 0 radical (unpaired) electrons. The second-order valence-electron chi connectivity index (χ2n) is 7.33. The predicted molar refractivity (Wildman–Crippen MR) is 121 cm³/mol. The second kappa shape index (κ2) is 9.83. The zero-order valence-electron chi connectivity index (χ0n) is 16.8. The van der Waals surface area contributed by atoms with Crippen molar-refractivity contribution < 1.29 is 18.7 Å². The minimum atomic E-state index is -0.602. The Bertz CT molecular complexity index is 1090. The Morgan fingerprint density at radius 2 is 1.87 bits per heavy atom. The monoisotopic (exact) mass is 438 g/mol. The van der Waals surface area contributed by atoms with E-state index in [4.69, 9.17) is 4.74 Å². The van der Waals surface area contributed by atoms with Gasteiger partial charge in [0.2, 0.25) is 11.8 Å². The number of rotatable bonds is 7. The van der Waals surface area contributed by atoms with Crippen LogP contribution in [0.2, 0.25) is 0 Å². The minimum absolute atomic E-state index is 0.243. The Kier molecular flexibility index (Phi) is 6.72. The Hall–Kier alpha value is -3.06. The fourth-order valence-electron chi connectivity index (χ4n) is 3.47. The maximum Gasteiger partial charge on any atom is 0.243 e. The van der Waals surface area contributed by atoms with Gasteiger partial charge in [-0.2, -0.15) is 0 Å². The van der Waals surface area contributed by atoms with E-state index >= 15 is 0 Å². The van der Waals surface area contributed by atoms with Gasteiger partial charge in [-0.25, -0.2) is 4.39 Å². The topological polar surface area (TPSA) is 67.4 Å². The summed E-state index contributed by atoms with van der Waals surface area (Å²) in [5.74, 6) is 0.384. The van der Waals surface area contributed by atoms with Gasteiger partial charge in [-0.05, 0) is 41.0 Å². The first-order valence-electron chi connectivity index (χ1n) is 10.1. The number of fused-ring (bicyclic) bond motifs is 1. The van der Waals surface area contributed by atoms with Gasteiger partial charge in [0.25, 0.3) is 0 Å². The van der Waals surface area contributed by atoms with Crippen LogP contribution >= 0.6 is 11.8 Å². The lowest BCUT2D eigenvalue weighted by Gasteiger charge is -2.28. The number of amides is 2. The summed E-state index contributed by atoms with van der Waals surface area (Å²) in [4.78, 5) is 24.8. The maximum atomic E-state index is 13.8. The zero-order valence-corrected chi connectivity index (χ0v) is 17.7. The molecule has 0 bridgehead atoms. The molecule has 0 spiro atoms. The van der Waals surface area contributed by atoms with Gasteiger partial charge in [0.15, 0.2) is 0 Å². The number of benzene rings is 3. The van der Waals surface area contributed by atoms with Crippen molar-refractivity contribution >= 4 is 34.3 Å². The third-order valence-electron chi connectivity index (χ3n) is 5.14. The third-order valence-corrected chi connectivity index (χ3v) is 6.45. The summed E-state index contributed by atoms with van der Waals surface area (Å²) in [7, 11) is 0. The van der Waals surface area contributed by atoms with Crippen molar-refractivity contribution in [2.24, 2.45) is 0 Å². The van der Waals surface area contributed by atoms with Gasteiger partial charge in [-0.3, -0.25) is 9.59 Å². The predicted octanol–water partition coefficient (Wildman–Crippen LogP) is 3.32. The number of hydrogen-bond acceptors (Lipinski definition) is 4. The van der Waals surface area contributed by atoms with Crippen LogP contribution in [0.3, 0.4) is 0 Å². The van der Waals surface area contributed by atoms with E-state index in [9.17, 15) is 14.0 Å².